The Balaban J connectivity index is 1.42. The van der Waals surface area contributed by atoms with E-state index in [9.17, 15) is 9.18 Å². The van der Waals surface area contributed by atoms with E-state index in [1.807, 2.05) is 12.1 Å². The fourth-order valence-electron chi connectivity index (χ4n) is 3.47. The lowest BCUT2D eigenvalue weighted by Crippen LogP contribution is -2.30. The number of hydrogen-bond acceptors (Lipinski definition) is 5. The Morgan fingerprint density at radius 1 is 1.03 bits per heavy atom. The summed E-state index contributed by atoms with van der Waals surface area (Å²) in [6.07, 6.45) is 9.98. The molecule has 7 heteroatoms. The van der Waals surface area contributed by atoms with Crippen LogP contribution in [0.15, 0.2) is 55.2 Å². The molecule has 0 bridgehead atoms. The Morgan fingerprint density at radius 2 is 1.83 bits per heavy atom. The van der Waals surface area contributed by atoms with Crippen LogP contribution < -0.4 is 10.2 Å². The first-order chi connectivity index (χ1) is 14.2. The lowest BCUT2D eigenvalue weighted by Gasteiger charge is -2.27. The van der Waals surface area contributed by atoms with E-state index in [1.54, 1.807) is 24.7 Å². The molecule has 0 atom stereocenters. The van der Waals surface area contributed by atoms with Gasteiger partial charge in [-0.25, -0.2) is 19.3 Å². The first-order valence-corrected chi connectivity index (χ1v) is 9.74. The molecule has 1 fully saturated rings. The van der Waals surface area contributed by atoms with Gasteiger partial charge >= 0.3 is 0 Å². The van der Waals surface area contributed by atoms with Crippen LogP contribution in [0.5, 0.6) is 0 Å². The minimum absolute atomic E-state index is 0.0101. The molecule has 1 saturated heterocycles. The number of aromatic nitrogens is 3. The third-order valence-electron chi connectivity index (χ3n) is 5.05. The molecule has 3 heterocycles. The van der Waals surface area contributed by atoms with Gasteiger partial charge in [0, 0.05) is 43.8 Å². The van der Waals surface area contributed by atoms with Crippen molar-refractivity contribution in [3.63, 3.8) is 0 Å². The van der Waals surface area contributed by atoms with Crippen LogP contribution in [0.2, 0.25) is 0 Å². The summed E-state index contributed by atoms with van der Waals surface area (Å²) in [5, 5.41) is 2.80. The molecule has 1 aliphatic rings. The van der Waals surface area contributed by atoms with Gasteiger partial charge in [-0.05, 0) is 54.7 Å². The topological polar surface area (TPSA) is 71.0 Å². The van der Waals surface area contributed by atoms with E-state index in [1.165, 1.54) is 37.7 Å². The predicted molar refractivity (Wildman–Crippen MR) is 109 cm³/mol. The largest absolute Gasteiger partial charge is 0.357 e. The molecule has 1 aromatic carbocycles. The van der Waals surface area contributed by atoms with Crippen LogP contribution >= 0.6 is 0 Å². The quantitative estimate of drug-likeness (QED) is 0.720. The van der Waals surface area contributed by atoms with Crippen molar-refractivity contribution >= 4 is 11.7 Å². The van der Waals surface area contributed by atoms with E-state index in [0.717, 1.165) is 24.5 Å². The Hall–Kier alpha value is -3.35. The second-order valence-electron chi connectivity index (χ2n) is 7.07. The molecule has 2 aromatic heterocycles. The van der Waals surface area contributed by atoms with Crippen molar-refractivity contribution in [2.75, 3.05) is 18.0 Å². The summed E-state index contributed by atoms with van der Waals surface area (Å²) in [4.78, 5) is 27.0. The highest BCUT2D eigenvalue weighted by Crippen LogP contribution is 2.21. The van der Waals surface area contributed by atoms with Crippen LogP contribution in [0.1, 0.15) is 35.2 Å². The first-order valence-electron chi connectivity index (χ1n) is 9.74. The summed E-state index contributed by atoms with van der Waals surface area (Å²) in [5.41, 5.74) is 2.27. The number of pyridine rings is 1. The molecule has 1 N–H and O–H groups in total. The number of benzene rings is 1. The smallest absolute Gasteiger partial charge is 0.254 e. The van der Waals surface area contributed by atoms with Crippen LogP contribution in [-0.2, 0) is 6.54 Å². The third-order valence-corrected chi connectivity index (χ3v) is 5.05. The van der Waals surface area contributed by atoms with Crippen molar-refractivity contribution < 1.29 is 9.18 Å². The fourth-order valence-corrected chi connectivity index (χ4v) is 3.47. The summed E-state index contributed by atoms with van der Waals surface area (Å²) in [6, 6.07) is 8.36. The Morgan fingerprint density at radius 3 is 2.59 bits per heavy atom. The number of carbonyl (C=O) groups is 1. The van der Waals surface area contributed by atoms with Gasteiger partial charge in [-0.15, -0.1) is 0 Å². The summed E-state index contributed by atoms with van der Waals surface area (Å²) in [6.45, 7) is 2.33. The predicted octanol–water partition coefficient (Wildman–Crippen LogP) is 3.60. The van der Waals surface area contributed by atoms with Crippen LogP contribution in [0, 0.1) is 5.82 Å². The number of rotatable bonds is 5. The van der Waals surface area contributed by atoms with E-state index in [0.29, 0.717) is 17.7 Å². The molecular formula is C22H22FN5O. The Bertz CT molecular complexity index is 990. The van der Waals surface area contributed by atoms with Crippen molar-refractivity contribution in [1.29, 1.82) is 0 Å². The Labute approximate surface area is 168 Å². The molecule has 0 saturated carbocycles. The molecule has 1 aliphatic heterocycles. The number of carbonyl (C=O) groups excluding carboxylic acids is 1. The molecule has 1 amide bonds. The highest BCUT2D eigenvalue weighted by Gasteiger charge is 2.15. The minimum Gasteiger partial charge on any atom is -0.357 e. The number of halogens is 1. The zero-order valence-corrected chi connectivity index (χ0v) is 16.0. The van der Waals surface area contributed by atoms with Crippen molar-refractivity contribution in [1.82, 2.24) is 20.3 Å². The lowest BCUT2D eigenvalue weighted by molar-refractivity contribution is 0.0947. The van der Waals surface area contributed by atoms with Gasteiger partial charge in [0.1, 0.15) is 18.0 Å². The molecule has 0 radical (unpaired) electrons. The maximum absolute atomic E-state index is 14.5. The maximum atomic E-state index is 14.5. The number of hydrogen-bond donors (Lipinski definition) is 1. The second kappa shape index (κ2) is 8.77. The molecule has 0 unspecified atom stereocenters. The maximum Gasteiger partial charge on any atom is 0.254 e. The van der Waals surface area contributed by atoms with Gasteiger partial charge in [0.15, 0.2) is 0 Å². The number of nitrogens with one attached hydrogen (secondary N) is 1. The molecule has 148 valence electrons. The van der Waals surface area contributed by atoms with Gasteiger partial charge in [0.05, 0.1) is 5.56 Å². The summed E-state index contributed by atoms with van der Waals surface area (Å²) < 4.78 is 14.5. The fraction of sp³-hybridized carbons (Fsp3) is 0.273. The average Bonchev–Trinajstić information content (AvgIpc) is 2.79. The highest BCUT2D eigenvalue weighted by atomic mass is 19.1. The second-order valence-corrected chi connectivity index (χ2v) is 7.07. The summed E-state index contributed by atoms with van der Waals surface area (Å²) >= 11 is 0. The number of amides is 1. The highest BCUT2D eigenvalue weighted by molar-refractivity contribution is 5.95. The minimum atomic E-state index is -0.576. The SMILES string of the molecule is O=C(NCc1ccnc(N2CCCCC2)c1)c1ccc(-c2cncnc2)cc1F. The molecule has 0 spiro atoms. The molecule has 0 aliphatic carbocycles. The van der Waals surface area contributed by atoms with Crippen LogP contribution in [0.3, 0.4) is 0 Å². The van der Waals surface area contributed by atoms with Crippen LogP contribution in [0.4, 0.5) is 10.2 Å². The van der Waals surface area contributed by atoms with E-state index in [-0.39, 0.29) is 5.56 Å². The van der Waals surface area contributed by atoms with Crippen LogP contribution in [0.25, 0.3) is 11.1 Å². The van der Waals surface area contributed by atoms with Crippen molar-refractivity contribution in [3.05, 3.63) is 72.2 Å². The van der Waals surface area contributed by atoms with Gasteiger partial charge in [-0.1, -0.05) is 6.07 Å². The average molecular weight is 391 g/mol. The van der Waals surface area contributed by atoms with E-state index < -0.39 is 11.7 Å². The zero-order chi connectivity index (χ0) is 20.1. The summed E-state index contributed by atoms with van der Waals surface area (Å²) in [7, 11) is 0. The number of piperidine rings is 1. The number of anilines is 1. The normalized spacial score (nSPS) is 13.9. The standard InChI is InChI=1S/C22H22FN5O/c23-20-11-17(18-13-24-15-25-14-18)4-5-19(20)22(29)27-12-16-6-7-26-21(10-16)28-8-2-1-3-9-28/h4-7,10-11,13-15H,1-3,8-9,12H2,(H,27,29). The lowest BCUT2D eigenvalue weighted by atomic mass is 10.1. The van der Waals surface area contributed by atoms with E-state index in [2.05, 4.69) is 25.2 Å². The van der Waals surface area contributed by atoms with E-state index in [4.69, 9.17) is 0 Å². The molecule has 6 nitrogen and oxygen atoms in total. The van der Waals surface area contributed by atoms with Crippen molar-refractivity contribution in [3.8, 4) is 11.1 Å². The van der Waals surface area contributed by atoms with Gasteiger partial charge in [0.25, 0.3) is 5.91 Å². The number of nitrogens with zero attached hydrogens (tertiary/aromatic N) is 4. The summed E-state index contributed by atoms with van der Waals surface area (Å²) in [5.74, 6) is -0.0978. The Kier molecular flexibility index (Phi) is 5.74. The monoisotopic (exact) mass is 391 g/mol. The molecule has 4 rings (SSSR count). The molecule has 3 aromatic rings. The van der Waals surface area contributed by atoms with Crippen LogP contribution in [-0.4, -0.2) is 33.9 Å². The van der Waals surface area contributed by atoms with Crippen molar-refractivity contribution in [2.45, 2.75) is 25.8 Å². The first kappa shape index (κ1) is 19.0. The zero-order valence-electron chi connectivity index (χ0n) is 16.0. The van der Waals surface area contributed by atoms with Gasteiger partial charge in [-0.2, -0.15) is 0 Å². The molecular weight excluding hydrogens is 369 g/mol. The van der Waals surface area contributed by atoms with Gasteiger partial charge < -0.3 is 10.2 Å². The van der Waals surface area contributed by atoms with Gasteiger partial charge in [-0.3, -0.25) is 4.79 Å². The molecule has 29 heavy (non-hydrogen) atoms. The van der Waals surface area contributed by atoms with E-state index >= 15 is 0 Å². The third kappa shape index (κ3) is 4.56. The van der Waals surface area contributed by atoms with Crippen molar-refractivity contribution in [2.24, 2.45) is 0 Å². The van der Waals surface area contributed by atoms with Gasteiger partial charge in [0.2, 0.25) is 0 Å².